The fourth-order valence-electron chi connectivity index (χ4n) is 3.34. The zero-order valence-corrected chi connectivity index (χ0v) is 13.5. The SMILES string of the molecule is O=C(O)CNC(=O)c1c(O)nc2sc3c(n2c1=O)CCC1(CC1)C3. The fourth-order valence-corrected chi connectivity index (χ4v) is 4.67. The summed E-state index contributed by atoms with van der Waals surface area (Å²) in [5, 5.41) is 20.7. The lowest BCUT2D eigenvalue weighted by molar-refractivity contribution is -0.135. The van der Waals surface area contributed by atoms with Crippen molar-refractivity contribution in [3.05, 3.63) is 26.5 Å². The number of fused-ring (bicyclic) bond motifs is 3. The highest BCUT2D eigenvalue weighted by Crippen LogP contribution is 2.55. The molecule has 1 saturated carbocycles. The number of aromatic hydroxyl groups is 1. The Balaban J connectivity index is 1.80. The number of aryl methyl sites for hydroxylation is 1. The Labute approximate surface area is 139 Å². The minimum Gasteiger partial charge on any atom is -0.492 e. The van der Waals surface area contributed by atoms with Crippen molar-refractivity contribution >= 4 is 28.2 Å². The molecular formula is C15H15N3O5S. The van der Waals surface area contributed by atoms with Gasteiger partial charge in [-0.25, -0.2) is 0 Å². The average molecular weight is 349 g/mol. The van der Waals surface area contributed by atoms with Gasteiger partial charge in [0, 0.05) is 10.6 Å². The molecule has 0 aliphatic heterocycles. The molecule has 1 spiro atoms. The van der Waals surface area contributed by atoms with E-state index < -0.39 is 35.4 Å². The van der Waals surface area contributed by atoms with E-state index in [0.29, 0.717) is 10.4 Å². The first-order chi connectivity index (χ1) is 11.4. The van der Waals surface area contributed by atoms with E-state index in [2.05, 4.69) is 10.3 Å². The minimum atomic E-state index is -1.24. The molecule has 24 heavy (non-hydrogen) atoms. The van der Waals surface area contributed by atoms with Gasteiger partial charge in [0.25, 0.3) is 11.5 Å². The Kier molecular flexibility index (Phi) is 3.17. The van der Waals surface area contributed by atoms with Crippen LogP contribution in [0.5, 0.6) is 5.88 Å². The van der Waals surface area contributed by atoms with Gasteiger partial charge in [-0.15, -0.1) is 11.3 Å². The van der Waals surface area contributed by atoms with Crippen molar-refractivity contribution in [3.8, 4) is 5.88 Å². The number of hydrogen-bond donors (Lipinski definition) is 3. The number of amides is 1. The summed E-state index contributed by atoms with van der Waals surface area (Å²) >= 11 is 1.38. The molecule has 2 aromatic rings. The lowest BCUT2D eigenvalue weighted by Gasteiger charge is -2.20. The zero-order chi connectivity index (χ0) is 17.1. The van der Waals surface area contributed by atoms with E-state index in [0.717, 1.165) is 29.8 Å². The molecule has 8 nitrogen and oxygen atoms in total. The number of rotatable bonds is 3. The molecule has 0 atom stereocenters. The second kappa shape index (κ2) is 5.04. The number of carbonyl (C=O) groups excluding carboxylic acids is 1. The average Bonchev–Trinajstić information content (AvgIpc) is 3.15. The van der Waals surface area contributed by atoms with Crippen molar-refractivity contribution in [2.24, 2.45) is 5.41 Å². The summed E-state index contributed by atoms with van der Waals surface area (Å²) in [6, 6.07) is 0. The van der Waals surface area contributed by atoms with Crippen molar-refractivity contribution in [2.45, 2.75) is 32.1 Å². The molecule has 0 radical (unpaired) electrons. The van der Waals surface area contributed by atoms with Gasteiger partial charge in [0.15, 0.2) is 10.5 Å². The maximum atomic E-state index is 12.7. The van der Waals surface area contributed by atoms with Gasteiger partial charge in [-0.1, -0.05) is 0 Å². The lowest BCUT2D eigenvalue weighted by Crippen LogP contribution is -2.35. The number of nitrogens with one attached hydrogen (secondary N) is 1. The second-order valence-electron chi connectivity index (χ2n) is 6.46. The third-order valence-corrected chi connectivity index (χ3v) is 5.93. The number of carbonyl (C=O) groups is 2. The molecule has 2 aromatic heterocycles. The third-order valence-electron chi connectivity index (χ3n) is 4.85. The first-order valence-corrected chi connectivity index (χ1v) is 8.48. The van der Waals surface area contributed by atoms with E-state index in [1.54, 1.807) is 0 Å². The Hall–Kier alpha value is -2.42. The van der Waals surface area contributed by atoms with Crippen LogP contribution in [0.1, 0.15) is 40.2 Å². The fraction of sp³-hybridized carbons (Fsp3) is 0.467. The largest absolute Gasteiger partial charge is 0.492 e. The van der Waals surface area contributed by atoms with E-state index in [1.165, 1.54) is 28.6 Å². The summed E-state index contributed by atoms with van der Waals surface area (Å²) in [5.74, 6) is -2.83. The summed E-state index contributed by atoms with van der Waals surface area (Å²) in [6.07, 6.45) is 5.09. The summed E-state index contributed by atoms with van der Waals surface area (Å²) < 4.78 is 1.39. The Bertz CT molecular complexity index is 941. The van der Waals surface area contributed by atoms with Crippen LogP contribution in [0.2, 0.25) is 0 Å². The molecule has 0 aromatic carbocycles. The molecule has 3 N–H and O–H groups in total. The Morgan fingerprint density at radius 3 is 2.75 bits per heavy atom. The van der Waals surface area contributed by atoms with Gasteiger partial charge < -0.3 is 15.5 Å². The van der Waals surface area contributed by atoms with Crippen LogP contribution in [0.25, 0.3) is 4.96 Å². The standard InChI is InChI=1S/C15H15N3O5S/c19-9(20)6-16-11(21)10-12(22)17-14-18(13(10)23)7-1-2-15(3-4-15)5-8(7)24-14/h22H,1-6H2,(H,16,21)(H,19,20). The van der Waals surface area contributed by atoms with Crippen LogP contribution in [0.15, 0.2) is 4.79 Å². The summed E-state index contributed by atoms with van der Waals surface area (Å²) in [4.78, 5) is 40.8. The van der Waals surface area contributed by atoms with Gasteiger partial charge in [0.05, 0.1) is 0 Å². The molecule has 2 heterocycles. The summed E-state index contributed by atoms with van der Waals surface area (Å²) in [7, 11) is 0. The first kappa shape index (κ1) is 15.1. The molecular weight excluding hydrogens is 334 g/mol. The van der Waals surface area contributed by atoms with E-state index >= 15 is 0 Å². The Morgan fingerprint density at radius 2 is 2.08 bits per heavy atom. The van der Waals surface area contributed by atoms with Crippen LogP contribution in [0.3, 0.4) is 0 Å². The first-order valence-electron chi connectivity index (χ1n) is 7.66. The third kappa shape index (κ3) is 2.27. The molecule has 0 saturated heterocycles. The highest BCUT2D eigenvalue weighted by atomic mass is 32.1. The molecule has 0 unspecified atom stereocenters. The van der Waals surface area contributed by atoms with Crippen LogP contribution in [-0.2, 0) is 17.6 Å². The van der Waals surface area contributed by atoms with Gasteiger partial charge in [-0.2, -0.15) is 4.98 Å². The molecule has 126 valence electrons. The molecule has 0 bridgehead atoms. The van der Waals surface area contributed by atoms with Crippen LogP contribution in [0, 0.1) is 5.41 Å². The normalized spacial score (nSPS) is 17.7. The van der Waals surface area contributed by atoms with Crippen LogP contribution in [0.4, 0.5) is 0 Å². The van der Waals surface area contributed by atoms with E-state index in [4.69, 9.17) is 5.11 Å². The molecule has 1 fully saturated rings. The monoisotopic (exact) mass is 349 g/mol. The van der Waals surface area contributed by atoms with E-state index in [-0.39, 0.29) is 0 Å². The number of nitrogens with zero attached hydrogens (tertiary/aromatic N) is 2. The van der Waals surface area contributed by atoms with Gasteiger partial charge in [-0.3, -0.25) is 18.8 Å². The van der Waals surface area contributed by atoms with Crippen LogP contribution in [-0.4, -0.2) is 38.0 Å². The van der Waals surface area contributed by atoms with Crippen LogP contribution >= 0.6 is 11.3 Å². The molecule has 2 aliphatic carbocycles. The van der Waals surface area contributed by atoms with Crippen molar-refractivity contribution in [3.63, 3.8) is 0 Å². The van der Waals surface area contributed by atoms with Crippen molar-refractivity contribution in [1.82, 2.24) is 14.7 Å². The number of hydrogen-bond acceptors (Lipinski definition) is 6. The minimum absolute atomic E-state index is 0.370. The second-order valence-corrected chi connectivity index (χ2v) is 7.52. The topological polar surface area (TPSA) is 121 Å². The zero-order valence-electron chi connectivity index (χ0n) is 12.7. The number of thiazole rings is 1. The smallest absolute Gasteiger partial charge is 0.322 e. The van der Waals surface area contributed by atoms with E-state index in [1.807, 2.05) is 0 Å². The van der Waals surface area contributed by atoms with E-state index in [9.17, 15) is 19.5 Å². The van der Waals surface area contributed by atoms with Crippen molar-refractivity contribution < 1.29 is 19.8 Å². The summed E-state index contributed by atoms with van der Waals surface area (Å²) in [5.41, 5.74) is 0.0734. The van der Waals surface area contributed by atoms with Gasteiger partial charge in [0.1, 0.15) is 6.54 Å². The lowest BCUT2D eigenvalue weighted by atomic mass is 9.88. The molecule has 9 heteroatoms. The highest BCUT2D eigenvalue weighted by molar-refractivity contribution is 7.17. The number of aliphatic carboxylic acids is 1. The highest BCUT2D eigenvalue weighted by Gasteiger charge is 2.46. The molecule has 2 aliphatic rings. The number of aromatic nitrogens is 2. The van der Waals surface area contributed by atoms with Gasteiger partial charge in [-0.05, 0) is 37.5 Å². The van der Waals surface area contributed by atoms with Crippen molar-refractivity contribution in [2.75, 3.05) is 6.54 Å². The molecule has 4 rings (SSSR count). The van der Waals surface area contributed by atoms with Crippen LogP contribution < -0.4 is 10.9 Å². The van der Waals surface area contributed by atoms with Gasteiger partial charge >= 0.3 is 5.97 Å². The van der Waals surface area contributed by atoms with Crippen molar-refractivity contribution in [1.29, 1.82) is 0 Å². The predicted octanol–water partition coefficient (Wildman–Crippen LogP) is 0.545. The predicted molar refractivity (Wildman–Crippen MR) is 84.7 cm³/mol. The number of carboxylic acid groups (broad SMARTS) is 1. The maximum Gasteiger partial charge on any atom is 0.322 e. The Morgan fingerprint density at radius 1 is 1.33 bits per heavy atom. The maximum absolute atomic E-state index is 12.7. The number of carboxylic acids is 1. The van der Waals surface area contributed by atoms with Gasteiger partial charge in [0.2, 0.25) is 5.88 Å². The summed E-state index contributed by atoms with van der Waals surface area (Å²) in [6.45, 7) is -0.634. The molecule has 1 amide bonds. The quantitative estimate of drug-likeness (QED) is 0.744.